The number of aliphatic hydroxyl groups is 1. The quantitative estimate of drug-likeness (QED) is 0.683. The van der Waals surface area contributed by atoms with Gasteiger partial charge in [0.2, 0.25) is 0 Å². The lowest BCUT2D eigenvalue weighted by atomic mass is 9.97. The predicted molar refractivity (Wildman–Crippen MR) is 58.7 cm³/mol. The Morgan fingerprint density at radius 1 is 1.44 bits per heavy atom. The van der Waals surface area contributed by atoms with E-state index in [1.807, 2.05) is 13.8 Å². The molecule has 1 aliphatic rings. The average molecular weight is 226 g/mol. The molecule has 2 unspecified atom stereocenters. The summed E-state index contributed by atoms with van der Waals surface area (Å²) in [6, 6.07) is 0. The van der Waals surface area contributed by atoms with Crippen molar-refractivity contribution in [3.8, 4) is 0 Å². The van der Waals surface area contributed by atoms with Gasteiger partial charge in [-0.1, -0.05) is 19.9 Å². The zero-order valence-corrected chi connectivity index (χ0v) is 9.68. The molecule has 4 nitrogen and oxygen atoms in total. The zero-order chi connectivity index (χ0) is 12.1. The maximum Gasteiger partial charge on any atom is 0.306 e. The zero-order valence-electron chi connectivity index (χ0n) is 9.68. The van der Waals surface area contributed by atoms with Crippen LogP contribution < -0.4 is 0 Å². The smallest absolute Gasteiger partial charge is 0.306 e. The van der Waals surface area contributed by atoms with Crippen molar-refractivity contribution in [1.29, 1.82) is 0 Å². The molecule has 2 atom stereocenters. The van der Waals surface area contributed by atoms with Crippen LogP contribution in [0.2, 0.25) is 0 Å². The molecule has 0 saturated heterocycles. The van der Waals surface area contributed by atoms with Crippen molar-refractivity contribution < 1.29 is 19.4 Å². The highest BCUT2D eigenvalue weighted by atomic mass is 16.6. The minimum Gasteiger partial charge on any atom is -0.459 e. The van der Waals surface area contributed by atoms with Crippen molar-refractivity contribution in [1.82, 2.24) is 0 Å². The molecule has 4 heteroatoms. The number of ether oxygens (including phenoxy) is 1. The van der Waals surface area contributed by atoms with E-state index in [2.05, 4.69) is 0 Å². The summed E-state index contributed by atoms with van der Waals surface area (Å²) < 4.78 is 5.13. The Kier molecular flexibility index (Phi) is 4.68. The van der Waals surface area contributed by atoms with Gasteiger partial charge < -0.3 is 9.84 Å². The number of carbonyl (C=O) groups is 2. The van der Waals surface area contributed by atoms with E-state index in [1.165, 1.54) is 6.08 Å². The second-order valence-corrected chi connectivity index (χ2v) is 4.34. The number of cyclic esters (lactones) is 1. The van der Waals surface area contributed by atoms with E-state index in [0.29, 0.717) is 19.3 Å². The average Bonchev–Trinajstić information content (AvgIpc) is 2.23. The van der Waals surface area contributed by atoms with Crippen LogP contribution in [0.3, 0.4) is 0 Å². The molecule has 0 fully saturated rings. The lowest BCUT2D eigenvalue weighted by Gasteiger charge is -2.25. The maximum atomic E-state index is 11.5. The van der Waals surface area contributed by atoms with E-state index in [1.54, 1.807) is 6.08 Å². The van der Waals surface area contributed by atoms with Crippen LogP contribution in [0.1, 0.15) is 33.1 Å². The van der Waals surface area contributed by atoms with Crippen LogP contribution in [0.25, 0.3) is 0 Å². The first kappa shape index (κ1) is 12.9. The molecular formula is C12H18O4. The normalized spacial score (nSPS) is 28.0. The Hall–Kier alpha value is -1.16. The number of ketones is 1. The number of hydrogen-bond acceptors (Lipinski definition) is 4. The molecule has 0 amide bonds. The summed E-state index contributed by atoms with van der Waals surface area (Å²) in [7, 11) is 0. The largest absolute Gasteiger partial charge is 0.459 e. The van der Waals surface area contributed by atoms with Gasteiger partial charge in [-0.2, -0.15) is 0 Å². The van der Waals surface area contributed by atoms with E-state index < -0.39 is 18.0 Å². The number of esters is 1. The molecular weight excluding hydrogens is 208 g/mol. The summed E-state index contributed by atoms with van der Waals surface area (Å²) in [5.74, 6) is -0.829. The third-order valence-electron chi connectivity index (χ3n) is 2.56. The Morgan fingerprint density at radius 3 is 2.75 bits per heavy atom. The third-order valence-corrected chi connectivity index (χ3v) is 2.56. The van der Waals surface area contributed by atoms with Crippen molar-refractivity contribution in [3.63, 3.8) is 0 Å². The molecule has 0 aromatic rings. The summed E-state index contributed by atoms with van der Waals surface area (Å²) in [4.78, 5) is 22.9. The van der Waals surface area contributed by atoms with Crippen LogP contribution in [-0.4, -0.2) is 29.1 Å². The van der Waals surface area contributed by atoms with Gasteiger partial charge in [0.05, 0.1) is 0 Å². The molecule has 1 rings (SSSR count). The van der Waals surface area contributed by atoms with Crippen molar-refractivity contribution in [2.75, 3.05) is 0 Å². The van der Waals surface area contributed by atoms with Crippen LogP contribution >= 0.6 is 0 Å². The topological polar surface area (TPSA) is 63.6 Å². The SMILES string of the molecule is CC(C)C1OC(=O)CCCC=CC(=O)C1O. The van der Waals surface area contributed by atoms with E-state index in [4.69, 9.17) is 4.74 Å². The van der Waals surface area contributed by atoms with Gasteiger partial charge in [-0.25, -0.2) is 0 Å². The number of carbonyl (C=O) groups excluding carboxylic acids is 2. The van der Waals surface area contributed by atoms with E-state index in [0.717, 1.165) is 0 Å². The third kappa shape index (κ3) is 3.45. The highest BCUT2D eigenvalue weighted by Gasteiger charge is 2.30. The Morgan fingerprint density at radius 2 is 2.12 bits per heavy atom. The predicted octanol–water partition coefficient (Wildman–Crippen LogP) is 1.22. The molecule has 0 bridgehead atoms. The summed E-state index contributed by atoms with van der Waals surface area (Å²) >= 11 is 0. The van der Waals surface area contributed by atoms with Gasteiger partial charge in [-0.3, -0.25) is 9.59 Å². The first-order valence-corrected chi connectivity index (χ1v) is 5.60. The number of hydrogen-bond donors (Lipinski definition) is 1. The summed E-state index contributed by atoms with van der Waals surface area (Å²) in [6.07, 6.45) is 2.72. The van der Waals surface area contributed by atoms with Crippen LogP contribution in [-0.2, 0) is 14.3 Å². The molecule has 0 aromatic heterocycles. The van der Waals surface area contributed by atoms with Gasteiger partial charge >= 0.3 is 5.97 Å². The van der Waals surface area contributed by atoms with Gasteiger partial charge in [-0.15, -0.1) is 0 Å². The van der Waals surface area contributed by atoms with Crippen molar-refractivity contribution >= 4 is 11.8 Å². The van der Waals surface area contributed by atoms with Crippen molar-refractivity contribution in [2.24, 2.45) is 5.92 Å². The molecule has 90 valence electrons. The first-order chi connectivity index (χ1) is 7.52. The number of allylic oxidation sites excluding steroid dienone is 1. The molecule has 0 aliphatic carbocycles. The van der Waals surface area contributed by atoms with E-state index >= 15 is 0 Å². The van der Waals surface area contributed by atoms with Crippen LogP contribution in [0, 0.1) is 5.92 Å². The Labute approximate surface area is 95.3 Å². The van der Waals surface area contributed by atoms with Crippen LogP contribution in [0.15, 0.2) is 12.2 Å². The monoisotopic (exact) mass is 226 g/mol. The van der Waals surface area contributed by atoms with Crippen molar-refractivity contribution in [3.05, 3.63) is 12.2 Å². The molecule has 0 saturated carbocycles. The van der Waals surface area contributed by atoms with E-state index in [-0.39, 0.29) is 11.9 Å². The van der Waals surface area contributed by atoms with Crippen LogP contribution in [0.4, 0.5) is 0 Å². The first-order valence-electron chi connectivity index (χ1n) is 5.60. The minimum absolute atomic E-state index is 0.0873. The molecule has 0 radical (unpaired) electrons. The molecule has 0 spiro atoms. The standard InChI is InChI=1S/C12H18O4/c1-8(2)12-11(15)9(13)6-4-3-5-7-10(14)16-12/h4,6,8,11-12,15H,3,5,7H2,1-2H3. The summed E-state index contributed by atoms with van der Waals surface area (Å²) in [6.45, 7) is 3.62. The fourth-order valence-corrected chi connectivity index (χ4v) is 1.60. The van der Waals surface area contributed by atoms with E-state index in [9.17, 15) is 14.7 Å². The molecule has 1 aliphatic heterocycles. The molecule has 0 aromatic carbocycles. The molecule has 16 heavy (non-hydrogen) atoms. The molecule has 1 heterocycles. The highest BCUT2D eigenvalue weighted by Crippen LogP contribution is 2.16. The van der Waals surface area contributed by atoms with Gasteiger partial charge in [0.1, 0.15) is 6.10 Å². The summed E-state index contributed by atoms with van der Waals surface area (Å²) in [5.41, 5.74) is 0. The van der Waals surface area contributed by atoms with Crippen LogP contribution in [0.5, 0.6) is 0 Å². The van der Waals surface area contributed by atoms with Gasteiger partial charge in [-0.05, 0) is 24.8 Å². The Bertz CT molecular complexity index is 293. The number of aliphatic hydroxyl groups excluding tert-OH is 1. The lowest BCUT2D eigenvalue weighted by Crippen LogP contribution is -2.40. The van der Waals surface area contributed by atoms with Crippen molar-refractivity contribution in [2.45, 2.75) is 45.3 Å². The summed E-state index contributed by atoms with van der Waals surface area (Å²) in [5, 5.41) is 9.77. The number of rotatable bonds is 1. The second kappa shape index (κ2) is 5.80. The fourth-order valence-electron chi connectivity index (χ4n) is 1.60. The van der Waals surface area contributed by atoms with Gasteiger partial charge in [0, 0.05) is 6.42 Å². The lowest BCUT2D eigenvalue weighted by molar-refractivity contribution is -0.160. The fraction of sp³-hybridized carbons (Fsp3) is 0.667. The van der Waals surface area contributed by atoms with Gasteiger partial charge in [0.25, 0.3) is 0 Å². The van der Waals surface area contributed by atoms with Gasteiger partial charge in [0.15, 0.2) is 11.9 Å². The minimum atomic E-state index is -1.25. The highest BCUT2D eigenvalue weighted by molar-refractivity contribution is 5.94. The second-order valence-electron chi connectivity index (χ2n) is 4.34. The Balaban J connectivity index is 2.84. The maximum absolute atomic E-state index is 11.5. The molecule has 1 N–H and O–H groups in total.